The lowest BCUT2D eigenvalue weighted by atomic mass is 10.1. The largest absolute Gasteiger partial charge is 0.350 e. The molecule has 1 N–H and O–H groups in total. The van der Waals surface area contributed by atoms with E-state index in [1.165, 1.54) is 22.7 Å². The number of carbonyl (C=O) groups excluding carboxylic acids is 3. The number of hydrogen-bond acceptors (Lipinski definition) is 4. The summed E-state index contributed by atoms with van der Waals surface area (Å²) in [6.45, 7) is 0.170. The first-order chi connectivity index (χ1) is 13.4. The highest BCUT2D eigenvalue weighted by molar-refractivity contribution is 8.04. The number of allylic oxidation sites excluding steroid dienone is 1. The van der Waals surface area contributed by atoms with Crippen molar-refractivity contribution in [2.24, 2.45) is 0 Å². The summed E-state index contributed by atoms with van der Waals surface area (Å²) < 4.78 is 0. The fourth-order valence-corrected chi connectivity index (χ4v) is 3.85. The topological polar surface area (TPSA) is 66.5 Å². The molecule has 0 aliphatic carbocycles. The van der Waals surface area contributed by atoms with Crippen LogP contribution in [0.4, 0.5) is 0 Å². The van der Waals surface area contributed by atoms with E-state index in [1.54, 1.807) is 36.4 Å². The second-order valence-corrected chi connectivity index (χ2v) is 7.84. The van der Waals surface area contributed by atoms with Gasteiger partial charge in [-0.2, -0.15) is 0 Å². The van der Waals surface area contributed by atoms with Gasteiger partial charge in [-0.25, -0.2) is 0 Å². The van der Waals surface area contributed by atoms with Gasteiger partial charge in [0.1, 0.15) is 6.54 Å². The molecule has 0 radical (unpaired) electrons. The molecular formula is C20H16Cl2N2O3S. The van der Waals surface area contributed by atoms with Crippen LogP contribution in [-0.2, 0) is 16.1 Å². The van der Waals surface area contributed by atoms with Gasteiger partial charge in [-0.3, -0.25) is 19.3 Å². The first-order valence-electron chi connectivity index (χ1n) is 8.39. The summed E-state index contributed by atoms with van der Waals surface area (Å²) in [5.41, 5.74) is 1.24. The van der Waals surface area contributed by atoms with Crippen LogP contribution in [0.3, 0.4) is 0 Å². The Morgan fingerprint density at radius 2 is 1.82 bits per heavy atom. The van der Waals surface area contributed by atoms with Crippen LogP contribution < -0.4 is 5.32 Å². The summed E-state index contributed by atoms with van der Waals surface area (Å²) in [6.07, 6.45) is 1.35. The molecule has 0 spiro atoms. The van der Waals surface area contributed by atoms with E-state index in [4.69, 9.17) is 23.2 Å². The first-order valence-corrected chi connectivity index (χ1v) is 10.1. The van der Waals surface area contributed by atoms with Crippen molar-refractivity contribution in [1.82, 2.24) is 10.2 Å². The van der Waals surface area contributed by atoms with Gasteiger partial charge in [-0.05, 0) is 29.8 Å². The third-order valence-corrected chi connectivity index (χ3v) is 5.62. The van der Waals surface area contributed by atoms with Crippen LogP contribution in [0.1, 0.15) is 15.9 Å². The van der Waals surface area contributed by atoms with Crippen molar-refractivity contribution >= 4 is 52.6 Å². The van der Waals surface area contributed by atoms with Crippen molar-refractivity contribution in [3.8, 4) is 0 Å². The Morgan fingerprint density at radius 3 is 2.54 bits per heavy atom. The number of ketones is 1. The zero-order chi connectivity index (χ0) is 20.1. The lowest BCUT2D eigenvalue weighted by Crippen LogP contribution is -2.37. The summed E-state index contributed by atoms with van der Waals surface area (Å²) in [4.78, 5) is 38.2. The minimum absolute atomic E-state index is 0.152. The first kappa shape index (κ1) is 20.5. The molecule has 0 unspecified atom stereocenters. The molecule has 144 valence electrons. The van der Waals surface area contributed by atoms with E-state index in [0.717, 1.165) is 5.56 Å². The van der Waals surface area contributed by atoms with E-state index in [9.17, 15) is 14.4 Å². The lowest BCUT2D eigenvalue weighted by molar-refractivity contribution is -0.131. The van der Waals surface area contributed by atoms with Crippen LogP contribution in [0.15, 0.2) is 59.6 Å². The van der Waals surface area contributed by atoms with Gasteiger partial charge in [0.25, 0.3) is 0 Å². The molecule has 2 amide bonds. The van der Waals surface area contributed by atoms with Gasteiger partial charge in [-0.15, -0.1) is 0 Å². The summed E-state index contributed by atoms with van der Waals surface area (Å²) in [5, 5.41) is 4.16. The molecule has 0 atom stereocenters. The van der Waals surface area contributed by atoms with E-state index < -0.39 is 0 Å². The molecule has 28 heavy (non-hydrogen) atoms. The number of carbonyl (C=O) groups is 3. The summed E-state index contributed by atoms with van der Waals surface area (Å²) >= 11 is 13.1. The van der Waals surface area contributed by atoms with E-state index in [0.29, 0.717) is 27.2 Å². The number of rotatable bonds is 6. The predicted octanol–water partition coefficient (Wildman–Crippen LogP) is 3.91. The number of hydrogen-bond donors (Lipinski definition) is 1. The monoisotopic (exact) mass is 434 g/mol. The van der Waals surface area contributed by atoms with E-state index in [1.807, 2.05) is 12.1 Å². The molecular weight excluding hydrogens is 419 g/mol. The van der Waals surface area contributed by atoms with Crippen LogP contribution in [0, 0.1) is 0 Å². The molecule has 0 bridgehead atoms. The third kappa shape index (κ3) is 5.16. The van der Waals surface area contributed by atoms with Crippen molar-refractivity contribution in [2.45, 2.75) is 6.54 Å². The van der Waals surface area contributed by atoms with Gasteiger partial charge < -0.3 is 5.32 Å². The maximum Gasteiger partial charge on any atom is 0.240 e. The molecule has 0 saturated carbocycles. The highest BCUT2D eigenvalue weighted by Crippen LogP contribution is 2.29. The molecule has 5 nitrogen and oxygen atoms in total. The number of amides is 2. The van der Waals surface area contributed by atoms with Gasteiger partial charge in [0.05, 0.1) is 15.8 Å². The highest BCUT2D eigenvalue weighted by Gasteiger charge is 2.29. The van der Waals surface area contributed by atoms with Crippen molar-refractivity contribution < 1.29 is 14.4 Å². The van der Waals surface area contributed by atoms with Gasteiger partial charge in [0.15, 0.2) is 5.78 Å². The second kappa shape index (κ2) is 9.28. The normalized spacial score (nSPS) is 15.1. The minimum atomic E-state index is -0.318. The Bertz CT molecular complexity index is 945. The summed E-state index contributed by atoms with van der Waals surface area (Å²) in [5.74, 6) is -0.660. The number of nitrogens with one attached hydrogen (secondary N) is 1. The Hall–Kier alpha value is -2.28. The molecule has 1 fully saturated rings. The van der Waals surface area contributed by atoms with Crippen LogP contribution in [0.5, 0.6) is 0 Å². The number of thioether (sulfide) groups is 1. The SMILES string of the molecule is O=C(CN1C(=O)CS/C1=C\C(=O)c1ccccc1Cl)NCc1ccc(Cl)cc1. The van der Waals surface area contributed by atoms with Crippen LogP contribution in [0.25, 0.3) is 0 Å². The maximum atomic E-state index is 12.5. The number of benzene rings is 2. The summed E-state index contributed by atoms with van der Waals surface area (Å²) in [6, 6.07) is 13.8. The standard InChI is InChI=1S/C20H16Cl2N2O3S/c21-14-7-5-13(6-8-14)10-23-18(26)11-24-19(27)12-28-20(24)9-17(25)15-3-1-2-4-16(15)22/h1-9H,10-12H2,(H,23,26)/b20-9-. The smallest absolute Gasteiger partial charge is 0.240 e. The fraction of sp³-hybridized carbons (Fsp3) is 0.150. The molecule has 8 heteroatoms. The molecule has 3 rings (SSSR count). The Kier molecular flexibility index (Phi) is 6.78. The lowest BCUT2D eigenvalue weighted by Gasteiger charge is -2.16. The quantitative estimate of drug-likeness (QED) is 0.552. The fourth-order valence-electron chi connectivity index (χ4n) is 2.55. The molecule has 1 aliphatic heterocycles. The Labute approximate surface area is 176 Å². The molecule has 1 saturated heterocycles. The predicted molar refractivity (Wildman–Crippen MR) is 111 cm³/mol. The van der Waals surface area contributed by atoms with E-state index >= 15 is 0 Å². The van der Waals surface area contributed by atoms with Crippen molar-refractivity contribution in [3.63, 3.8) is 0 Å². The van der Waals surface area contributed by atoms with Gasteiger partial charge in [0.2, 0.25) is 11.8 Å². The average molecular weight is 435 g/mol. The van der Waals surface area contributed by atoms with Gasteiger partial charge in [-0.1, -0.05) is 59.2 Å². The Balaban J connectivity index is 1.65. The minimum Gasteiger partial charge on any atom is -0.350 e. The van der Waals surface area contributed by atoms with Gasteiger partial charge >= 0.3 is 0 Å². The third-order valence-electron chi connectivity index (χ3n) is 4.01. The van der Waals surface area contributed by atoms with Crippen molar-refractivity contribution in [3.05, 3.63) is 80.8 Å². The van der Waals surface area contributed by atoms with E-state index in [-0.39, 0.29) is 29.9 Å². The average Bonchev–Trinajstić information content (AvgIpc) is 3.01. The zero-order valence-corrected chi connectivity index (χ0v) is 17.0. The zero-order valence-electron chi connectivity index (χ0n) is 14.7. The highest BCUT2D eigenvalue weighted by atomic mass is 35.5. The van der Waals surface area contributed by atoms with E-state index in [2.05, 4.69) is 5.32 Å². The van der Waals surface area contributed by atoms with Crippen LogP contribution in [0.2, 0.25) is 10.0 Å². The molecule has 1 aliphatic rings. The molecule has 0 aromatic heterocycles. The number of nitrogens with zero attached hydrogens (tertiary/aromatic N) is 1. The van der Waals surface area contributed by atoms with Crippen molar-refractivity contribution in [1.29, 1.82) is 0 Å². The van der Waals surface area contributed by atoms with Crippen molar-refractivity contribution in [2.75, 3.05) is 12.3 Å². The summed E-state index contributed by atoms with van der Waals surface area (Å²) in [7, 11) is 0. The number of halogens is 2. The Morgan fingerprint density at radius 1 is 1.11 bits per heavy atom. The maximum absolute atomic E-state index is 12.5. The molecule has 2 aromatic carbocycles. The van der Waals surface area contributed by atoms with Gasteiger partial charge in [0, 0.05) is 23.2 Å². The molecule has 2 aromatic rings. The van der Waals surface area contributed by atoms with Crippen LogP contribution >= 0.6 is 35.0 Å². The van der Waals surface area contributed by atoms with Crippen LogP contribution in [-0.4, -0.2) is 34.8 Å². The molecule has 1 heterocycles. The second-order valence-electron chi connectivity index (χ2n) is 6.00.